The number of aliphatic carboxylic acids is 1. The van der Waals surface area contributed by atoms with Gasteiger partial charge in [0.2, 0.25) is 23.6 Å². The molecular formula is C27H32N6O6. The number of hydrogen-bond donors (Lipinski definition) is 7. The summed E-state index contributed by atoms with van der Waals surface area (Å²) in [6.07, 6.45) is 1.41. The van der Waals surface area contributed by atoms with Crippen molar-refractivity contribution in [3.8, 4) is 0 Å². The molecule has 0 saturated carbocycles. The Hall–Kier alpha value is -4.71. The van der Waals surface area contributed by atoms with Crippen LogP contribution in [0.3, 0.4) is 0 Å². The van der Waals surface area contributed by atoms with Gasteiger partial charge in [-0.05, 0) is 24.1 Å². The molecule has 39 heavy (non-hydrogen) atoms. The van der Waals surface area contributed by atoms with E-state index in [1.165, 1.54) is 6.92 Å². The minimum Gasteiger partial charge on any atom is -0.480 e. The topological polar surface area (TPSA) is 210 Å². The van der Waals surface area contributed by atoms with Gasteiger partial charge in [0.1, 0.15) is 18.1 Å². The van der Waals surface area contributed by atoms with Crippen LogP contribution in [0.1, 0.15) is 24.5 Å². The molecule has 0 spiro atoms. The number of carbonyl (C=O) groups excluding carboxylic acids is 4. The molecule has 4 atom stereocenters. The lowest BCUT2D eigenvalue weighted by molar-refractivity contribution is -0.141. The number of carbonyl (C=O) groups is 5. The molecule has 4 unspecified atom stereocenters. The normalized spacial score (nSPS) is 14.0. The highest BCUT2D eigenvalue weighted by atomic mass is 16.4. The van der Waals surface area contributed by atoms with Crippen LogP contribution in [0.25, 0.3) is 10.9 Å². The van der Waals surface area contributed by atoms with Gasteiger partial charge in [-0.1, -0.05) is 48.5 Å². The minimum absolute atomic E-state index is 0.0428. The number of primary amides is 1. The summed E-state index contributed by atoms with van der Waals surface area (Å²) in [5.74, 6) is -4.18. The SMILES string of the molecule is CC(NC(=O)C(Cc1c[nH]c2ccccc12)NC(=O)C(Cc1ccccc1)NC(=O)C(N)CC(N)=O)C(=O)O. The Morgan fingerprint density at radius 2 is 1.44 bits per heavy atom. The van der Waals surface area contributed by atoms with Crippen LogP contribution in [-0.2, 0) is 36.8 Å². The number of hydrogen-bond acceptors (Lipinski definition) is 6. The fourth-order valence-electron chi connectivity index (χ4n) is 4.02. The average Bonchev–Trinajstić information content (AvgIpc) is 3.30. The number of rotatable bonds is 13. The van der Waals surface area contributed by atoms with E-state index in [0.717, 1.165) is 22.0 Å². The molecule has 1 heterocycles. The van der Waals surface area contributed by atoms with Gasteiger partial charge in [0.25, 0.3) is 0 Å². The van der Waals surface area contributed by atoms with Crippen molar-refractivity contribution in [1.82, 2.24) is 20.9 Å². The number of carboxylic acids is 1. The van der Waals surface area contributed by atoms with Crippen molar-refractivity contribution in [3.05, 3.63) is 71.9 Å². The molecule has 0 fully saturated rings. The summed E-state index contributed by atoms with van der Waals surface area (Å²) in [6, 6.07) is 11.5. The van der Waals surface area contributed by atoms with E-state index in [-0.39, 0.29) is 12.8 Å². The van der Waals surface area contributed by atoms with Crippen LogP contribution in [0.2, 0.25) is 0 Å². The van der Waals surface area contributed by atoms with Crippen molar-refractivity contribution in [1.29, 1.82) is 0 Å². The second-order valence-electron chi connectivity index (χ2n) is 9.22. The van der Waals surface area contributed by atoms with Crippen LogP contribution in [0.5, 0.6) is 0 Å². The molecule has 12 heteroatoms. The predicted molar refractivity (Wildman–Crippen MR) is 143 cm³/mol. The highest BCUT2D eigenvalue weighted by molar-refractivity contribution is 5.95. The van der Waals surface area contributed by atoms with Crippen LogP contribution in [-0.4, -0.2) is 63.9 Å². The van der Waals surface area contributed by atoms with Gasteiger partial charge in [-0.15, -0.1) is 0 Å². The Bertz CT molecular complexity index is 1340. The third-order valence-electron chi connectivity index (χ3n) is 6.13. The smallest absolute Gasteiger partial charge is 0.325 e. The second-order valence-corrected chi connectivity index (χ2v) is 9.22. The molecule has 4 amide bonds. The summed E-state index contributed by atoms with van der Waals surface area (Å²) >= 11 is 0. The first kappa shape index (κ1) is 28.9. The molecular weight excluding hydrogens is 504 g/mol. The van der Waals surface area contributed by atoms with Crippen LogP contribution >= 0.6 is 0 Å². The van der Waals surface area contributed by atoms with Gasteiger partial charge in [-0.25, -0.2) is 0 Å². The molecule has 0 saturated heterocycles. The Kier molecular flexibility index (Phi) is 9.76. The highest BCUT2D eigenvalue weighted by Gasteiger charge is 2.30. The molecule has 0 aliphatic rings. The zero-order valence-electron chi connectivity index (χ0n) is 21.3. The molecule has 0 bridgehead atoms. The van der Waals surface area contributed by atoms with E-state index < -0.39 is 60.2 Å². The van der Waals surface area contributed by atoms with Crippen molar-refractivity contribution in [3.63, 3.8) is 0 Å². The molecule has 2 aromatic carbocycles. The maximum atomic E-state index is 13.5. The maximum Gasteiger partial charge on any atom is 0.325 e. The van der Waals surface area contributed by atoms with Crippen molar-refractivity contribution >= 4 is 40.5 Å². The predicted octanol–water partition coefficient (Wildman–Crippen LogP) is -0.285. The summed E-state index contributed by atoms with van der Waals surface area (Å²) in [5.41, 5.74) is 13.2. The minimum atomic E-state index is -1.27. The quantitative estimate of drug-likeness (QED) is 0.155. The van der Waals surface area contributed by atoms with Crippen LogP contribution in [0.15, 0.2) is 60.8 Å². The van der Waals surface area contributed by atoms with Gasteiger partial charge in [0, 0.05) is 29.9 Å². The van der Waals surface area contributed by atoms with Crippen molar-refractivity contribution in [2.24, 2.45) is 11.5 Å². The molecule has 9 N–H and O–H groups in total. The largest absolute Gasteiger partial charge is 0.480 e. The number of nitrogens with one attached hydrogen (secondary N) is 4. The highest BCUT2D eigenvalue weighted by Crippen LogP contribution is 2.19. The van der Waals surface area contributed by atoms with E-state index in [1.807, 2.05) is 24.3 Å². The first-order valence-corrected chi connectivity index (χ1v) is 12.3. The number of H-pyrrole nitrogens is 1. The second kappa shape index (κ2) is 13.2. The number of amides is 4. The molecule has 0 radical (unpaired) electrons. The summed E-state index contributed by atoms with van der Waals surface area (Å²) in [5, 5.41) is 17.7. The van der Waals surface area contributed by atoms with Gasteiger partial charge >= 0.3 is 5.97 Å². The lowest BCUT2D eigenvalue weighted by Gasteiger charge is -2.25. The van der Waals surface area contributed by atoms with E-state index >= 15 is 0 Å². The van der Waals surface area contributed by atoms with E-state index in [1.54, 1.807) is 36.5 Å². The van der Waals surface area contributed by atoms with E-state index in [2.05, 4.69) is 20.9 Å². The molecule has 3 aromatic rings. The Labute approximate surface area is 224 Å². The van der Waals surface area contributed by atoms with E-state index in [4.69, 9.17) is 11.5 Å². The number of carboxylic acid groups (broad SMARTS) is 1. The maximum absolute atomic E-state index is 13.5. The molecule has 1 aromatic heterocycles. The third kappa shape index (κ3) is 8.14. The summed E-state index contributed by atoms with van der Waals surface area (Å²) in [6.45, 7) is 1.31. The Morgan fingerprint density at radius 3 is 2.10 bits per heavy atom. The van der Waals surface area contributed by atoms with Crippen LogP contribution < -0.4 is 27.4 Å². The van der Waals surface area contributed by atoms with E-state index in [9.17, 15) is 29.1 Å². The number of nitrogens with two attached hydrogens (primary N) is 2. The lowest BCUT2D eigenvalue weighted by atomic mass is 10.0. The summed E-state index contributed by atoms with van der Waals surface area (Å²) < 4.78 is 0. The fraction of sp³-hybridized carbons (Fsp3) is 0.296. The van der Waals surface area contributed by atoms with Gasteiger partial charge in [-0.3, -0.25) is 24.0 Å². The molecule has 0 aliphatic heterocycles. The molecule has 0 aliphatic carbocycles. The number of aromatic nitrogens is 1. The first-order chi connectivity index (χ1) is 18.5. The van der Waals surface area contributed by atoms with Gasteiger partial charge in [0.15, 0.2) is 0 Å². The number of aromatic amines is 1. The average molecular weight is 537 g/mol. The van der Waals surface area contributed by atoms with Gasteiger partial charge < -0.3 is 37.5 Å². The van der Waals surface area contributed by atoms with Crippen molar-refractivity contribution < 1.29 is 29.1 Å². The van der Waals surface area contributed by atoms with E-state index in [0.29, 0.717) is 0 Å². The first-order valence-electron chi connectivity index (χ1n) is 12.3. The number of para-hydroxylation sites is 1. The zero-order chi connectivity index (χ0) is 28.5. The Balaban J connectivity index is 1.87. The van der Waals surface area contributed by atoms with Crippen LogP contribution in [0.4, 0.5) is 0 Å². The van der Waals surface area contributed by atoms with Crippen molar-refractivity contribution in [2.75, 3.05) is 0 Å². The van der Waals surface area contributed by atoms with Gasteiger partial charge in [-0.2, -0.15) is 0 Å². The summed E-state index contributed by atoms with van der Waals surface area (Å²) in [7, 11) is 0. The van der Waals surface area contributed by atoms with Crippen molar-refractivity contribution in [2.45, 2.75) is 50.4 Å². The molecule has 3 rings (SSSR count). The number of fused-ring (bicyclic) bond motifs is 1. The van der Waals surface area contributed by atoms with Crippen LogP contribution in [0, 0.1) is 0 Å². The monoisotopic (exact) mass is 536 g/mol. The third-order valence-corrected chi connectivity index (χ3v) is 6.13. The lowest BCUT2D eigenvalue weighted by Crippen LogP contribution is -2.58. The molecule has 12 nitrogen and oxygen atoms in total. The summed E-state index contributed by atoms with van der Waals surface area (Å²) in [4.78, 5) is 64.9. The fourth-order valence-corrected chi connectivity index (χ4v) is 4.02. The van der Waals surface area contributed by atoms with Gasteiger partial charge in [0.05, 0.1) is 12.5 Å². The number of benzene rings is 2. The standard InChI is InChI=1S/C27H32N6O6/c1-15(27(38)39)31-25(36)22(12-17-14-30-20-10-6-5-9-18(17)20)33-26(37)21(11-16-7-3-2-4-8-16)32-24(35)19(28)13-23(29)34/h2-10,14-15,19,21-22,30H,11-13,28H2,1H3,(H2,29,34)(H,31,36)(H,32,35)(H,33,37)(H,38,39). The molecule has 206 valence electrons. The zero-order valence-corrected chi connectivity index (χ0v) is 21.3. The Morgan fingerprint density at radius 1 is 0.846 bits per heavy atom.